The van der Waals surface area contributed by atoms with Crippen molar-refractivity contribution in [2.45, 2.75) is 18.9 Å². The molecule has 4 nitrogen and oxygen atoms in total. The Morgan fingerprint density at radius 1 is 1.36 bits per heavy atom. The molecule has 2 atom stereocenters. The molecule has 0 aromatic heterocycles. The lowest BCUT2D eigenvalue weighted by atomic mass is 9.71. The Bertz CT molecular complexity index is 217. The summed E-state index contributed by atoms with van der Waals surface area (Å²) < 4.78 is 4.75. The van der Waals surface area contributed by atoms with E-state index in [-0.39, 0.29) is 29.8 Å². The van der Waals surface area contributed by atoms with E-state index >= 15 is 0 Å². The van der Waals surface area contributed by atoms with Crippen LogP contribution >= 0.6 is 0 Å². The summed E-state index contributed by atoms with van der Waals surface area (Å²) in [5.74, 6) is 0.340. The maximum atomic E-state index is 11.4. The van der Waals surface area contributed by atoms with Crippen LogP contribution in [-0.2, 0) is 9.53 Å². The average molecular weight is 199 g/mol. The Balaban J connectivity index is 2.03. The minimum Gasteiger partial charge on any atom is -0.469 e. The van der Waals surface area contributed by atoms with Crippen LogP contribution < -0.4 is 5.32 Å². The first-order chi connectivity index (χ1) is 6.72. The molecule has 4 heteroatoms. The highest BCUT2D eigenvalue weighted by Gasteiger charge is 2.41. The molecule has 1 aliphatic carbocycles. The highest BCUT2D eigenvalue weighted by atomic mass is 16.5. The molecule has 2 aliphatic rings. The molecule has 1 heterocycles. The minimum atomic E-state index is -0.225. The van der Waals surface area contributed by atoms with Gasteiger partial charge in [0.15, 0.2) is 0 Å². The SMILES string of the molecule is COC(=O)C1CC2CNCC(C1)C2O. The van der Waals surface area contributed by atoms with Crippen molar-refractivity contribution >= 4 is 5.97 Å². The number of aliphatic hydroxyl groups is 1. The second-order valence-electron chi connectivity index (χ2n) is 4.36. The van der Waals surface area contributed by atoms with Gasteiger partial charge in [0.25, 0.3) is 0 Å². The van der Waals surface area contributed by atoms with Gasteiger partial charge in [-0.25, -0.2) is 0 Å². The van der Waals surface area contributed by atoms with Crippen molar-refractivity contribution in [3.8, 4) is 0 Å². The average Bonchev–Trinajstić information content (AvgIpc) is 2.16. The molecule has 0 spiro atoms. The van der Waals surface area contributed by atoms with E-state index in [2.05, 4.69) is 5.32 Å². The Kier molecular flexibility index (Phi) is 2.74. The lowest BCUT2D eigenvalue weighted by molar-refractivity contribution is -0.150. The molecular formula is C10H17NO3. The van der Waals surface area contributed by atoms with Gasteiger partial charge in [0, 0.05) is 13.1 Å². The molecular weight excluding hydrogens is 182 g/mol. The van der Waals surface area contributed by atoms with Gasteiger partial charge in [-0.15, -0.1) is 0 Å². The lowest BCUT2D eigenvalue weighted by Gasteiger charge is -2.42. The van der Waals surface area contributed by atoms with Crippen LogP contribution in [0.4, 0.5) is 0 Å². The molecule has 1 saturated carbocycles. The third-order valence-electron chi connectivity index (χ3n) is 3.49. The number of carbonyl (C=O) groups excluding carboxylic acids is 1. The number of hydrogen-bond acceptors (Lipinski definition) is 4. The monoisotopic (exact) mass is 199 g/mol. The van der Waals surface area contributed by atoms with E-state index in [1.165, 1.54) is 7.11 Å². The van der Waals surface area contributed by atoms with Gasteiger partial charge in [0.2, 0.25) is 0 Å². The number of carbonyl (C=O) groups is 1. The van der Waals surface area contributed by atoms with Crippen LogP contribution in [-0.4, -0.2) is 37.4 Å². The fourth-order valence-corrected chi connectivity index (χ4v) is 2.71. The van der Waals surface area contributed by atoms with Crippen LogP contribution in [0.25, 0.3) is 0 Å². The van der Waals surface area contributed by atoms with Crippen molar-refractivity contribution in [3.63, 3.8) is 0 Å². The Morgan fingerprint density at radius 3 is 2.43 bits per heavy atom. The number of aliphatic hydroxyl groups excluding tert-OH is 1. The van der Waals surface area contributed by atoms with E-state index in [4.69, 9.17) is 4.74 Å². The number of fused-ring (bicyclic) bond motifs is 2. The molecule has 2 bridgehead atoms. The first kappa shape index (κ1) is 9.93. The van der Waals surface area contributed by atoms with Gasteiger partial charge in [-0.2, -0.15) is 0 Å². The minimum absolute atomic E-state index is 0.000463. The Hall–Kier alpha value is -0.610. The maximum absolute atomic E-state index is 11.4. The standard InChI is InChI=1S/C10H17NO3/c1-14-10(13)6-2-7-4-11-5-8(3-6)9(7)12/h6-9,11-12H,2-5H2,1H3. The number of piperidine rings is 1. The van der Waals surface area contributed by atoms with E-state index in [9.17, 15) is 9.90 Å². The molecule has 0 aromatic rings. The van der Waals surface area contributed by atoms with Crippen LogP contribution in [0.3, 0.4) is 0 Å². The molecule has 1 saturated heterocycles. The third kappa shape index (κ3) is 1.64. The zero-order chi connectivity index (χ0) is 10.1. The summed E-state index contributed by atoms with van der Waals surface area (Å²) in [6, 6.07) is 0. The van der Waals surface area contributed by atoms with Crippen molar-refractivity contribution in [2.75, 3.05) is 20.2 Å². The zero-order valence-electron chi connectivity index (χ0n) is 8.40. The first-order valence-corrected chi connectivity index (χ1v) is 5.19. The number of methoxy groups -OCH3 is 1. The third-order valence-corrected chi connectivity index (χ3v) is 3.49. The summed E-state index contributed by atoms with van der Waals surface area (Å²) in [7, 11) is 1.43. The molecule has 2 fully saturated rings. The second kappa shape index (κ2) is 3.87. The van der Waals surface area contributed by atoms with Gasteiger partial charge >= 0.3 is 5.97 Å². The fourth-order valence-electron chi connectivity index (χ4n) is 2.71. The summed E-state index contributed by atoms with van der Waals surface area (Å²) in [5.41, 5.74) is 0. The van der Waals surface area contributed by atoms with Crippen LogP contribution in [0.5, 0.6) is 0 Å². The molecule has 0 amide bonds. The Morgan fingerprint density at radius 2 is 1.93 bits per heavy atom. The smallest absolute Gasteiger partial charge is 0.308 e. The maximum Gasteiger partial charge on any atom is 0.308 e. The number of rotatable bonds is 1. The van der Waals surface area contributed by atoms with Crippen LogP contribution in [0, 0.1) is 17.8 Å². The summed E-state index contributed by atoms with van der Waals surface area (Å²) in [5, 5.41) is 13.2. The number of ether oxygens (including phenoxy) is 1. The molecule has 14 heavy (non-hydrogen) atoms. The van der Waals surface area contributed by atoms with Crippen molar-refractivity contribution in [1.82, 2.24) is 5.32 Å². The largest absolute Gasteiger partial charge is 0.469 e. The van der Waals surface area contributed by atoms with Gasteiger partial charge < -0.3 is 15.2 Å². The normalized spacial score (nSPS) is 41.9. The predicted molar refractivity (Wildman–Crippen MR) is 50.6 cm³/mol. The number of hydrogen-bond donors (Lipinski definition) is 2. The molecule has 1 aliphatic heterocycles. The van der Waals surface area contributed by atoms with E-state index < -0.39 is 0 Å². The van der Waals surface area contributed by atoms with Crippen molar-refractivity contribution in [2.24, 2.45) is 17.8 Å². The van der Waals surface area contributed by atoms with E-state index in [1.54, 1.807) is 0 Å². The topological polar surface area (TPSA) is 58.6 Å². The van der Waals surface area contributed by atoms with Crippen molar-refractivity contribution in [1.29, 1.82) is 0 Å². The van der Waals surface area contributed by atoms with Crippen molar-refractivity contribution in [3.05, 3.63) is 0 Å². The van der Waals surface area contributed by atoms with Gasteiger partial charge in [-0.3, -0.25) is 4.79 Å². The molecule has 80 valence electrons. The molecule has 0 aromatic carbocycles. The first-order valence-electron chi connectivity index (χ1n) is 5.19. The summed E-state index contributed by atoms with van der Waals surface area (Å²) in [6.07, 6.45) is 1.30. The van der Waals surface area contributed by atoms with Gasteiger partial charge in [0.1, 0.15) is 0 Å². The molecule has 2 unspecified atom stereocenters. The fraction of sp³-hybridized carbons (Fsp3) is 0.900. The van der Waals surface area contributed by atoms with Gasteiger partial charge in [0.05, 0.1) is 19.1 Å². The van der Waals surface area contributed by atoms with Crippen LogP contribution in [0.1, 0.15) is 12.8 Å². The van der Waals surface area contributed by atoms with Gasteiger partial charge in [-0.1, -0.05) is 0 Å². The van der Waals surface area contributed by atoms with Crippen LogP contribution in [0.2, 0.25) is 0 Å². The highest BCUT2D eigenvalue weighted by molar-refractivity contribution is 5.72. The van der Waals surface area contributed by atoms with E-state index in [0.29, 0.717) is 0 Å². The molecule has 2 N–H and O–H groups in total. The van der Waals surface area contributed by atoms with Crippen LogP contribution in [0.15, 0.2) is 0 Å². The van der Waals surface area contributed by atoms with E-state index in [0.717, 1.165) is 25.9 Å². The quantitative estimate of drug-likeness (QED) is 0.573. The molecule has 0 radical (unpaired) electrons. The predicted octanol–water partition coefficient (Wildman–Crippen LogP) is -0.234. The Labute approximate surface area is 83.6 Å². The lowest BCUT2D eigenvalue weighted by Crippen LogP contribution is -2.52. The van der Waals surface area contributed by atoms with Crippen molar-refractivity contribution < 1.29 is 14.6 Å². The molecule has 2 rings (SSSR count). The number of esters is 1. The zero-order valence-corrected chi connectivity index (χ0v) is 8.40. The highest BCUT2D eigenvalue weighted by Crippen LogP contribution is 2.36. The summed E-state index contributed by atoms with van der Waals surface area (Å²) in [4.78, 5) is 11.4. The van der Waals surface area contributed by atoms with E-state index in [1.807, 2.05) is 0 Å². The summed E-state index contributed by atoms with van der Waals surface area (Å²) in [6.45, 7) is 1.65. The second-order valence-corrected chi connectivity index (χ2v) is 4.36. The van der Waals surface area contributed by atoms with Gasteiger partial charge in [-0.05, 0) is 24.7 Å². The summed E-state index contributed by atoms with van der Waals surface area (Å²) >= 11 is 0. The number of nitrogens with one attached hydrogen (secondary N) is 1.